The van der Waals surface area contributed by atoms with Gasteiger partial charge in [0.15, 0.2) is 0 Å². The number of carbonyl (C=O) groups excluding carboxylic acids is 1. The lowest BCUT2D eigenvalue weighted by molar-refractivity contribution is 0.0790. The third-order valence-electron chi connectivity index (χ3n) is 4.34. The highest BCUT2D eigenvalue weighted by Gasteiger charge is 2.17. The third kappa shape index (κ3) is 4.67. The molecule has 3 rings (SSSR count). The zero-order valence-electron chi connectivity index (χ0n) is 15.8. The number of rotatable bonds is 6. The van der Waals surface area contributed by atoms with Gasteiger partial charge in [-0.2, -0.15) is 0 Å². The van der Waals surface area contributed by atoms with Gasteiger partial charge in [-0.1, -0.05) is 18.2 Å². The predicted octanol–water partition coefficient (Wildman–Crippen LogP) is 3.26. The van der Waals surface area contributed by atoms with Crippen molar-refractivity contribution >= 4 is 17.5 Å². The topological polar surface area (TPSA) is 62.2 Å². The summed E-state index contributed by atoms with van der Waals surface area (Å²) in [6, 6.07) is 15.5. The van der Waals surface area contributed by atoms with Crippen LogP contribution in [0.4, 0.5) is 11.6 Å². The van der Waals surface area contributed by atoms with Crippen LogP contribution < -0.4 is 4.90 Å². The molecule has 2 aromatic heterocycles. The molecule has 1 amide bonds. The largest absolute Gasteiger partial charge is 0.340 e. The van der Waals surface area contributed by atoms with Gasteiger partial charge in [0.05, 0.1) is 0 Å². The molecule has 6 nitrogen and oxygen atoms in total. The smallest absolute Gasteiger partial charge is 0.272 e. The lowest BCUT2D eigenvalue weighted by Gasteiger charge is -2.20. The van der Waals surface area contributed by atoms with Gasteiger partial charge in [-0.15, -0.1) is 0 Å². The van der Waals surface area contributed by atoms with Crippen molar-refractivity contribution in [1.29, 1.82) is 0 Å². The van der Waals surface area contributed by atoms with Gasteiger partial charge in [-0.3, -0.25) is 9.78 Å². The molecule has 0 N–H and O–H groups in total. The minimum Gasteiger partial charge on any atom is -0.340 e. The van der Waals surface area contributed by atoms with E-state index in [9.17, 15) is 4.79 Å². The van der Waals surface area contributed by atoms with Crippen LogP contribution in [-0.2, 0) is 6.42 Å². The molecule has 138 valence electrons. The second kappa shape index (κ2) is 8.40. The van der Waals surface area contributed by atoms with Crippen molar-refractivity contribution in [1.82, 2.24) is 19.9 Å². The summed E-state index contributed by atoms with van der Waals surface area (Å²) in [5.74, 6) is 0.393. The first-order chi connectivity index (χ1) is 13.0. The number of likely N-dealkylation sites (N-methyl/N-ethyl adjacent to an activating group) is 1. The van der Waals surface area contributed by atoms with Crippen LogP contribution in [-0.4, -0.2) is 46.4 Å². The maximum Gasteiger partial charge on any atom is 0.272 e. The molecular formula is C21H23N5O. The summed E-state index contributed by atoms with van der Waals surface area (Å²) < 4.78 is 0. The Hall–Kier alpha value is -3.28. The van der Waals surface area contributed by atoms with E-state index in [2.05, 4.69) is 15.0 Å². The number of benzene rings is 1. The average molecular weight is 361 g/mol. The number of pyridine rings is 1. The molecule has 0 spiro atoms. The summed E-state index contributed by atoms with van der Waals surface area (Å²) in [6.07, 6.45) is 4.29. The summed E-state index contributed by atoms with van der Waals surface area (Å²) >= 11 is 0. The Morgan fingerprint density at radius 3 is 2.41 bits per heavy atom. The Bertz CT molecular complexity index is 899. The third-order valence-corrected chi connectivity index (χ3v) is 4.34. The predicted molar refractivity (Wildman–Crippen MR) is 106 cm³/mol. The molecule has 0 fully saturated rings. The number of nitrogens with zero attached hydrogens (tertiary/aromatic N) is 5. The number of hydrogen-bond donors (Lipinski definition) is 0. The molecule has 2 heterocycles. The van der Waals surface area contributed by atoms with Crippen LogP contribution in [0.25, 0.3) is 0 Å². The number of anilines is 2. The van der Waals surface area contributed by atoms with Gasteiger partial charge < -0.3 is 9.80 Å². The Balaban J connectivity index is 1.75. The van der Waals surface area contributed by atoms with Crippen LogP contribution in [0.5, 0.6) is 0 Å². The van der Waals surface area contributed by atoms with E-state index >= 15 is 0 Å². The fraction of sp³-hybridized carbons (Fsp3) is 0.238. The molecule has 0 bridgehead atoms. The normalized spacial score (nSPS) is 10.5. The Kier molecular flexibility index (Phi) is 5.76. The van der Waals surface area contributed by atoms with E-state index in [4.69, 9.17) is 0 Å². The van der Waals surface area contributed by atoms with Gasteiger partial charge in [-0.25, -0.2) is 9.97 Å². The molecule has 0 saturated carbocycles. The van der Waals surface area contributed by atoms with Crippen LogP contribution in [0.15, 0.2) is 60.9 Å². The Morgan fingerprint density at radius 1 is 1.00 bits per heavy atom. The van der Waals surface area contributed by atoms with E-state index in [0.717, 1.165) is 23.4 Å². The lowest BCUT2D eigenvalue weighted by Crippen LogP contribution is -2.30. The monoisotopic (exact) mass is 361 g/mol. The molecule has 27 heavy (non-hydrogen) atoms. The number of carbonyl (C=O) groups is 1. The molecule has 0 aliphatic carbocycles. The molecule has 6 heteroatoms. The minimum atomic E-state index is -0.114. The van der Waals surface area contributed by atoms with Crippen molar-refractivity contribution in [3.8, 4) is 0 Å². The van der Waals surface area contributed by atoms with E-state index in [-0.39, 0.29) is 5.91 Å². The van der Waals surface area contributed by atoms with Gasteiger partial charge in [0.25, 0.3) is 5.91 Å². The lowest BCUT2D eigenvalue weighted by atomic mass is 10.2. The molecule has 0 atom stereocenters. The summed E-state index contributed by atoms with van der Waals surface area (Å²) in [5, 5.41) is 0. The molecule has 0 aliphatic rings. The zero-order chi connectivity index (χ0) is 19.2. The van der Waals surface area contributed by atoms with Crippen molar-refractivity contribution in [2.45, 2.75) is 13.3 Å². The summed E-state index contributed by atoms with van der Waals surface area (Å²) in [5.41, 5.74) is 3.27. The fourth-order valence-corrected chi connectivity index (χ4v) is 2.72. The van der Waals surface area contributed by atoms with Crippen LogP contribution in [0.3, 0.4) is 0 Å². The van der Waals surface area contributed by atoms with E-state index in [1.54, 1.807) is 30.4 Å². The van der Waals surface area contributed by atoms with Crippen LogP contribution in [0, 0.1) is 6.92 Å². The van der Waals surface area contributed by atoms with Gasteiger partial charge in [0.1, 0.15) is 5.69 Å². The average Bonchev–Trinajstić information content (AvgIpc) is 2.71. The molecule has 0 radical (unpaired) electrons. The number of para-hydroxylation sites is 1. The quantitative estimate of drug-likeness (QED) is 0.674. The second-order valence-corrected chi connectivity index (χ2v) is 6.42. The van der Waals surface area contributed by atoms with E-state index < -0.39 is 0 Å². The highest BCUT2D eigenvalue weighted by molar-refractivity contribution is 5.92. The fourth-order valence-electron chi connectivity index (χ4n) is 2.72. The maximum atomic E-state index is 12.8. The number of aromatic nitrogens is 3. The van der Waals surface area contributed by atoms with Crippen molar-refractivity contribution < 1.29 is 4.79 Å². The van der Waals surface area contributed by atoms with Crippen molar-refractivity contribution in [2.24, 2.45) is 0 Å². The van der Waals surface area contributed by atoms with Gasteiger partial charge in [0, 0.05) is 44.4 Å². The highest BCUT2D eigenvalue weighted by atomic mass is 16.2. The molecule has 0 saturated heterocycles. The Morgan fingerprint density at radius 2 is 1.70 bits per heavy atom. The summed E-state index contributed by atoms with van der Waals surface area (Å²) in [4.78, 5) is 29.4. The van der Waals surface area contributed by atoms with Crippen molar-refractivity contribution in [2.75, 3.05) is 25.5 Å². The maximum absolute atomic E-state index is 12.8. The van der Waals surface area contributed by atoms with E-state index in [1.165, 1.54) is 0 Å². The van der Waals surface area contributed by atoms with Crippen LogP contribution in [0.2, 0.25) is 0 Å². The van der Waals surface area contributed by atoms with E-state index in [1.807, 2.05) is 61.3 Å². The first-order valence-corrected chi connectivity index (χ1v) is 8.83. The Labute approximate surface area is 159 Å². The molecule has 0 aliphatic heterocycles. The van der Waals surface area contributed by atoms with Gasteiger partial charge >= 0.3 is 0 Å². The minimum absolute atomic E-state index is 0.114. The van der Waals surface area contributed by atoms with Crippen molar-refractivity contribution in [3.05, 3.63) is 77.9 Å². The molecule has 3 aromatic rings. The second-order valence-electron chi connectivity index (χ2n) is 6.42. The van der Waals surface area contributed by atoms with E-state index in [0.29, 0.717) is 18.2 Å². The van der Waals surface area contributed by atoms with Gasteiger partial charge in [-0.05, 0) is 49.2 Å². The summed E-state index contributed by atoms with van der Waals surface area (Å²) in [6.45, 7) is 2.48. The number of hydrogen-bond acceptors (Lipinski definition) is 5. The molecule has 1 aromatic carbocycles. The van der Waals surface area contributed by atoms with Gasteiger partial charge in [0.2, 0.25) is 5.95 Å². The standard InChI is InChI=1S/C21H23N5O/c1-16-15-19(20(27)25(2)14-11-17-9-12-22-13-10-17)24-21(23-16)26(3)18-7-5-4-6-8-18/h4-10,12-13,15H,11,14H2,1-3H3. The summed E-state index contributed by atoms with van der Waals surface area (Å²) in [7, 11) is 3.69. The zero-order valence-corrected chi connectivity index (χ0v) is 15.8. The first-order valence-electron chi connectivity index (χ1n) is 8.83. The van der Waals surface area contributed by atoms with Crippen LogP contribution in [0.1, 0.15) is 21.7 Å². The first kappa shape index (κ1) is 18.5. The number of amides is 1. The SMILES string of the molecule is Cc1cc(C(=O)N(C)CCc2ccncc2)nc(N(C)c2ccccc2)n1. The molecular weight excluding hydrogens is 338 g/mol. The highest BCUT2D eigenvalue weighted by Crippen LogP contribution is 2.20. The number of aryl methyl sites for hydroxylation is 1. The van der Waals surface area contributed by atoms with Crippen molar-refractivity contribution in [3.63, 3.8) is 0 Å². The van der Waals surface area contributed by atoms with Crippen LogP contribution >= 0.6 is 0 Å². The molecule has 0 unspecified atom stereocenters.